The highest BCUT2D eigenvalue weighted by molar-refractivity contribution is 6.35. The molecule has 0 rings (SSSR count). The average molecular weight is 198 g/mol. The van der Waals surface area contributed by atoms with Gasteiger partial charge in [-0.05, 0) is 13.3 Å². The van der Waals surface area contributed by atoms with Crippen LogP contribution in [0.4, 0.5) is 13.2 Å². The Morgan fingerprint density at radius 1 is 1.38 bits per heavy atom. The number of hydrogen-bond donors (Lipinski definition) is 0. The minimum absolute atomic E-state index is 0.358. The molecule has 0 aromatic heterocycles. The molecule has 0 aliphatic rings. The highest BCUT2D eigenvalue weighted by atomic mass is 19.4. The van der Waals surface area contributed by atoms with Crippen LogP contribution < -0.4 is 0 Å². The molecular formula is C7H9F3O3. The van der Waals surface area contributed by atoms with Gasteiger partial charge in [0.15, 0.2) is 0 Å². The lowest BCUT2D eigenvalue weighted by atomic mass is 10.3. The van der Waals surface area contributed by atoms with Crippen LogP contribution in [0.2, 0.25) is 0 Å². The first-order valence-corrected chi connectivity index (χ1v) is 3.61. The minimum atomic E-state index is -5.15. The molecule has 0 aromatic carbocycles. The van der Waals surface area contributed by atoms with Crippen molar-refractivity contribution in [1.29, 1.82) is 0 Å². The van der Waals surface area contributed by atoms with Crippen molar-refractivity contribution in [2.75, 3.05) is 0 Å². The summed E-state index contributed by atoms with van der Waals surface area (Å²) in [7, 11) is 0. The zero-order chi connectivity index (χ0) is 10.6. The van der Waals surface area contributed by atoms with Gasteiger partial charge in [0.2, 0.25) is 0 Å². The summed E-state index contributed by atoms with van der Waals surface area (Å²) < 4.78 is 39.0. The van der Waals surface area contributed by atoms with Crippen molar-refractivity contribution in [3.05, 3.63) is 0 Å². The molecule has 1 unspecified atom stereocenters. The average Bonchev–Trinajstić information content (AvgIpc) is 2.01. The fourth-order valence-corrected chi connectivity index (χ4v) is 0.435. The highest BCUT2D eigenvalue weighted by Crippen LogP contribution is 2.17. The van der Waals surface area contributed by atoms with Gasteiger partial charge in [-0.15, -0.1) is 0 Å². The molecule has 0 heterocycles. The smallest absolute Gasteiger partial charge is 0.457 e. The van der Waals surface area contributed by atoms with Gasteiger partial charge in [-0.25, -0.2) is 4.79 Å². The standard InChI is InChI=1S/C7H9F3O3/c1-3-4(2)13-6(12)5(11)7(8,9)10/h4H,3H2,1-2H3. The Balaban J connectivity index is 4.21. The zero-order valence-corrected chi connectivity index (χ0v) is 7.14. The Kier molecular flexibility index (Phi) is 3.90. The summed E-state index contributed by atoms with van der Waals surface area (Å²) in [6.07, 6.45) is -5.47. The topological polar surface area (TPSA) is 43.4 Å². The molecule has 13 heavy (non-hydrogen) atoms. The number of halogens is 3. The van der Waals surface area contributed by atoms with Crippen molar-refractivity contribution >= 4 is 11.8 Å². The van der Waals surface area contributed by atoms with Gasteiger partial charge in [0.1, 0.15) is 0 Å². The van der Waals surface area contributed by atoms with E-state index in [0.717, 1.165) is 0 Å². The molecule has 0 aromatic rings. The number of ether oxygens (including phenoxy) is 1. The lowest BCUT2D eigenvalue weighted by Gasteiger charge is -2.10. The summed E-state index contributed by atoms with van der Waals surface area (Å²) in [6, 6.07) is 0. The third kappa shape index (κ3) is 3.91. The van der Waals surface area contributed by atoms with Crippen LogP contribution in [0.25, 0.3) is 0 Å². The normalized spacial score (nSPS) is 13.6. The number of ketones is 1. The number of carbonyl (C=O) groups is 2. The van der Waals surface area contributed by atoms with Crippen molar-refractivity contribution in [2.24, 2.45) is 0 Å². The SMILES string of the molecule is CCC(C)OC(=O)C(=O)C(F)(F)F. The monoisotopic (exact) mass is 198 g/mol. The van der Waals surface area contributed by atoms with Crippen molar-refractivity contribution < 1.29 is 27.5 Å². The fraction of sp³-hybridized carbons (Fsp3) is 0.714. The van der Waals surface area contributed by atoms with E-state index in [4.69, 9.17) is 0 Å². The van der Waals surface area contributed by atoms with E-state index in [0.29, 0.717) is 6.42 Å². The summed E-state index contributed by atoms with van der Waals surface area (Å²) in [5.41, 5.74) is 0. The zero-order valence-electron chi connectivity index (χ0n) is 7.14. The summed E-state index contributed by atoms with van der Waals surface area (Å²) >= 11 is 0. The molecule has 0 spiro atoms. The summed E-state index contributed by atoms with van der Waals surface area (Å²) in [5, 5.41) is 0. The maximum Gasteiger partial charge on any atom is 0.461 e. The Morgan fingerprint density at radius 2 is 1.85 bits per heavy atom. The Bertz CT molecular complexity index is 210. The molecule has 0 N–H and O–H groups in total. The molecule has 0 bridgehead atoms. The predicted octanol–water partition coefficient (Wildman–Crippen LogP) is 1.46. The first kappa shape index (κ1) is 11.9. The molecule has 0 saturated carbocycles. The van der Waals surface area contributed by atoms with Gasteiger partial charge in [0.05, 0.1) is 6.10 Å². The second-order valence-electron chi connectivity index (χ2n) is 2.45. The second kappa shape index (κ2) is 4.25. The van der Waals surface area contributed by atoms with Gasteiger partial charge in [0, 0.05) is 0 Å². The Hall–Kier alpha value is -1.07. The van der Waals surface area contributed by atoms with Gasteiger partial charge in [-0.2, -0.15) is 13.2 Å². The van der Waals surface area contributed by atoms with Gasteiger partial charge in [-0.1, -0.05) is 6.92 Å². The van der Waals surface area contributed by atoms with E-state index in [1.807, 2.05) is 0 Å². The van der Waals surface area contributed by atoms with Crippen molar-refractivity contribution in [3.8, 4) is 0 Å². The molecule has 0 aliphatic heterocycles. The van der Waals surface area contributed by atoms with Gasteiger partial charge >= 0.3 is 17.9 Å². The first-order valence-electron chi connectivity index (χ1n) is 3.61. The van der Waals surface area contributed by atoms with Crippen LogP contribution in [-0.4, -0.2) is 24.0 Å². The molecule has 0 fully saturated rings. The predicted molar refractivity (Wildman–Crippen MR) is 36.9 cm³/mol. The summed E-state index contributed by atoms with van der Waals surface area (Å²) in [4.78, 5) is 20.7. The van der Waals surface area contributed by atoms with E-state index >= 15 is 0 Å². The van der Waals surface area contributed by atoms with Crippen molar-refractivity contribution in [1.82, 2.24) is 0 Å². The van der Waals surface area contributed by atoms with Gasteiger partial charge < -0.3 is 4.74 Å². The second-order valence-corrected chi connectivity index (χ2v) is 2.45. The van der Waals surface area contributed by atoms with Crippen LogP contribution >= 0.6 is 0 Å². The fourth-order valence-electron chi connectivity index (χ4n) is 0.435. The molecule has 0 radical (unpaired) electrons. The first-order chi connectivity index (χ1) is 5.79. The van der Waals surface area contributed by atoms with Crippen molar-refractivity contribution in [3.63, 3.8) is 0 Å². The van der Waals surface area contributed by atoms with Crippen LogP contribution in [0.3, 0.4) is 0 Å². The van der Waals surface area contributed by atoms with E-state index in [-0.39, 0.29) is 0 Å². The molecule has 76 valence electrons. The summed E-state index contributed by atoms with van der Waals surface area (Å²) in [5.74, 6) is -4.31. The van der Waals surface area contributed by atoms with E-state index in [1.54, 1.807) is 6.92 Å². The maximum absolute atomic E-state index is 11.6. The largest absolute Gasteiger partial charge is 0.461 e. The van der Waals surface area contributed by atoms with Crippen LogP contribution in [0.1, 0.15) is 20.3 Å². The van der Waals surface area contributed by atoms with E-state index in [9.17, 15) is 22.8 Å². The van der Waals surface area contributed by atoms with Gasteiger partial charge in [0.25, 0.3) is 0 Å². The van der Waals surface area contributed by atoms with E-state index in [1.165, 1.54) is 6.92 Å². The quantitative estimate of drug-likeness (QED) is 0.509. The number of carbonyl (C=O) groups excluding carboxylic acids is 2. The Morgan fingerprint density at radius 3 is 2.15 bits per heavy atom. The highest BCUT2D eigenvalue weighted by Gasteiger charge is 2.45. The molecule has 0 aliphatic carbocycles. The van der Waals surface area contributed by atoms with E-state index < -0.39 is 24.0 Å². The molecule has 1 atom stereocenters. The third-order valence-corrected chi connectivity index (χ3v) is 1.33. The number of esters is 1. The lowest BCUT2D eigenvalue weighted by Crippen LogP contribution is -2.34. The minimum Gasteiger partial charge on any atom is -0.457 e. The Labute approximate surface area is 72.9 Å². The van der Waals surface area contributed by atoms with Crippen LogP contribution in [-0.2, 0) is 14.3 Å². The molecule has 0 saturated heterocycles. The van der Waals surface area contributed by atoms with Crippen LogP contribution in [0, 0.1) is 0 Å². The lowest BCUT2D eigenvalue weighted by molar-refractivity contribution is -0.185. The number of alkyl halides is 3. The van der Waals surface area contributed by atoms with Crippen LogP contribution in [0.5, 0.6) is 0 Å². The van der Waals surface area contributed by atoms with Gasteiger partial charge in [-0.3, -0.25) is 4.79 Å². The molecule has 6 heteroatoms. The maximum atomic E-state index is 11.6. The van der Waals surface area contributed by atoms with Crippen LogP contribution in [0.15, 0.2) is 0 Å². The number of rotatable bonds is 3. The molecular weight excluding hydrogens is 189 g/mol. The molecule has 0 amide bonds. The van der Waals surface area contributed by atoms with Crippen molar-refractivity contribution in [2.45, 2.75) is 32.5 Å². The molecule has 3 nitrogen and oxygen atoms in total. The third-order valence-electron chi connectivity index (χ3n) is 1.33. The van der Waals surface area contributed by atoms with E-state index in [2.05, 4.69) is 4.74 Å². The number of Topliss-reactive ketones (excluding diaryl/α,β-unsaturated/α-hetero) is 1. The summed E-state index contributed by atoms with van der Waals surface area (Å²) in [6.45, 7) is 3.03. The number of hydrogen-bond acceptors (Lipinski definition) is 3.